The van der Waals surface area contributed by atoms with Crippen LogP contribution in [0.2, 0.25) is 0 Å². The van der Waals surface area contributed by atoms with Crippen LogP contribution in [0.5, 0.6) is 5.75 Å². The average molecular weight is 343 g/mol. The fraction of sp³-hybridized carbons (Fsp3) is 0.579. The Balaban J connectivity index is 1.85. The van der Waals surface area contributed by atoms with Crippen LogP contribution in [0.25, 0.3) is 0 Å². The van der Waals surface area contributed by atoms with Crippen LogP contribution >= 0.6 is 0 Å². The van der Waals surface area contributed by atoms with Crippen molar-refractivity contribution in [1.82, 2.24) is 4.90 Å². The Morgan fingerprint density at radius 3 is 3.04 bits per heavy atom. The third-order valence-corrected chi connectivity index (χ3v) is 5.79. The van der Waals surface area contributed by atoms with Crippen LogP contribution in [0, 0.1) is 11.3 Å². The summed E-state index contributed by atoms with van der Waals surface area (Å²) < 4.78 is 11.7. The van der Waals surface area contributed by atoms with Gasteiger partial charge in [0.05, 0.1) is 12.9 Å². The van der Waals surface area contributed by atoms with Gasteiger partial charge in [-0.3, -0.25) is 0 Å². The van der Waals surface area contributed by atoms with Crippen molar-refractivity contribution >= 4 is 12.4 Å². The number of hydrogen-bond acceptors (Lipinski definition) is 5. The minimum atomic E-state index is -0.541. The van der Waals surface area contributed by atoms with Gasteiger partial charge in [-0.05, 0) is 41.5 Å². The van der Waals surface area contributed by atoms with Gasteiger partial charge in [-0.1, -0.05) is 13.0 Å². The van der Waals surface area contributed by atoms with Crippen LogP contribution < -0.4 is 0 Å². The Hall–Kier alpha value is -2.08. The lowest BCUT2D eigenvalue weighted by atomic mass is 9.56. The molecule has 3 atom stereocenters. The van der Waals surface area contributed by atoms with E-state index in [1.54, 1.807) is 12.4 Å². The minimum Gasteiger partial charge on any atom is -0.508 e. The number of amidine groups is 1. The second-order valence-electron chi connectivity index (χ2n) is 7.87. The van der Waals surface area contributed by atoms with Crippen LogP contribution in [-0.2, 0) is 21.4 Å². The van der Waals surface area contributed by atoms with E-state index in [-0.39, 0.29) is 17.1 Å². The van der Waals surface area contributed by atoms with Crippen molar-refractivity contribution in [2.75, 3.05) is 33.9 Å². The zero-order valence-electron chi connectivity index (χ0n) is 15.0. The molecule has 0 radical (unpaired) electrons. The van der Waals surface area contributed by atoms with E-state index < -0.39 is 5.54 Å². The molecular weight excluding hydrogens is 318 g/mol. The molecule has 2 aliphatic heterocycles. The molecule has 0 aromatic heterocycles. The quantitative estimate of drug-likeness (QED) is 0.627. The summed E-state index contributed by atoms with van der Waals surface area (Å²) in [5.74, 6) is 0.467. The van der Waals surface area contributed by atoms with E-state index in [9.17, 15) is 5.11 Å². The zero-order valence-corrected chi connectivity index (χ0v) is 15.0. The summed E-state index contributed by atoms with van der Waals surface area (Å²) in [7, 11) is 3.82. The molecule has 1 aliphatic carbocycles. The molecule has 1 saturated heterocycles. The van der Waals surface area contributed by atoms with E-state index in [0.29, 0.717) is 19.2 Å². The van der Waals surface area contributed by atoms with Crippen LogP contribution in [0.15, 0.2) is 28.2 Å². The highest BCUT2D eigenvalue weighted by Crippen LogP contribution is 2.56. The van der Waals surface area contributed by atoms with Gasteiger partial charge >= 0.3 is 6.02 Å². The number of fused-ring (bicyclic) bond motifs is 4. The Morgan fingerprint density at radius 2 is 2.24 bits per heavy atom. The van der Waals surface area contributed by atoms with Crippen LogP contribution in [-0.4, -0.2) is 56.3 Å². The van der Waals surface area contributed by atoms with Crippen molar-refractivity contribution in [2.24, 2.45) is 21.3 Å². The summed E-state index contributed by atoms with van der Waals surface area (Å²) >= 11 is 0. The maximum Gasteiger partial charge on any atom is 0.314 e. The van der Waals surface area contributed by atoms with E-state index in [2.05, 4.69) is 11.9 Å². The molecule has 0 amide bonds. The highest BCUT2D eigenvalue weighted by molar-refractivity contribution is 5.84. The summed E-state index contributed by atoms with van der Waals surface area (Å²) in [6.45, 7) is 4.21. The third-order valence-electron chi connectivity index (χ3n) is 5.79. The zero-order chi connectivity index (χ0) is 17.7. The topological polar surface area (TPSA) is 66.7 Å². The summed E-state index contributed by atoms with van der Waals surface area (Å²) in [6.07, 6.45) is 3.68. The first-order valence-electron chi connectivity index (χ1n) is 8.76. The first-order chi connectivity index (χ1) is 11.9. The fourth-order valence-electron chi connectivity index (χ4n) is 4.51. The summed E-state index contributed by atoms with van der Waals surface area (Å²) in [6, 6.07) is 6.03. The number of aliphatic imine (C=N–C) groups is 2. The Bertz CT molecular complexity index is 745. The number of phenols is 1. The highest BCUT2D eigenvalue weighted by atomic mass is 16.5. The van der Waals surface area contributed by atoms with Gasteiger partial charge < -0.3 is 19.5 Å². The van der Waals surface area contributed by atoms with Gasteiger partial charge in [-0.2, -0.15) is 4.99 Å². The van der Waals surface area contributed by atoms with Crippen molar-refractivity contribution in [3.8, 4) is 5.75 Å². The molecular formula is C19H25N3O3. The molecule has 1 N–H and O–H groups in total. The van der Waals surface area contributed by atoms with E-state index in [1.807, 2.05) is 31.1 Å². The van der Waals surface area contributed by atoms with Crippen molar-refractivity contribution in [3.05, 3.63) is 29.3 Å². The van der Waals surface area contributed by atoms with E-state index in [0.717, 1.165) is 25.0 Å². The number of phenolic OH excluding ortho intramolecular Hbond substituents is 1. The number of rotatable bonds is 1. The number of aromatic hydroxyl groups is 1. The maximum absolute atomic E-state index is 10.1. The molecule has 1 fully saturated rings. The van der Waals surface area contributed by atoms with E-state index in [1.165, 1.54) is 5.56 Å². The average Bonchev–Trinajstić information content (AvgIpc) is 2.99. The van der Waals surface area contributed by atoms with Crippen LogP contribution in [0.4, 0.5) is 0 Å². The lowest BCUT2D eigenvalue weighted by Gasteiger charge is -2.52. The van der Waals surface area contributed by atoms with Gasteiger partial charge in [0.2, 0.25) is 0 Å². The molecule has 3 aliphatic rings. The largest absolute Gasteiger partial charge is 0.508 e. The smallest absolute Gasteiger partial charge is 0.314 e. The second kappa shape index (κ2) is 5.73. The molecule has 0 saturated carbocycles. The second-order valence-corrected chi connectivity index (χ2v) is 7.87. The molecule has 1 spiro atoms. The minimum absolute atomic E-state index is 0.107. The molecule has 134 valence electrons. The van der Waals surface area contributed by atoms with Gasteiger partial charge in [-0.25, -0.2) is 4.99 Å². The van der Waals surface area contributed by atoms with Gasteiger partial charge in [0, 0.05) is 26.6 Å². The van der Waals surface area contributed by atoms with Crippen molar-refractivity contribution < 1.29 is 14.6 Å². The molecule has 6 heteroatoms. The van der Waals surface area contributed by atoms with Gasteiger partial charge in [0.1, 0.15) is 17.9 Å². The maximum atomic E-state index is 10.1. The Labute approximate surface area is 148 Å². The van der Waals surface area contributed by atoms with Crippen LogP contribution in [0.3, 0.4) is 0 Å². The summed E-state index contributed by atoms with van der Waals surface area (Å²) in [5.41, 5.74) is 1.86. The van der Waals surface area contributed by atoms with E-state index in [4.69, 9.17) is 14.5 Å². The standard InChI is InChI=1S/C19H25N3O3/c1-18-6-7-24-10-16(18)19(11-25-17(21-19)20-12-22(2)3)15-8-14(23)5-4-13(15)9-18/h4-5,8,12,16,23H,6-7,9-11H2,1-3H3/b20-12+/t16?,18-,19?/m0/s1. The Kier molecular flexibility index (Phi) is 3.76. The number of benzene rings is 1. The molecule has 0 bridgehead atoms. The predicted octanol–water partition coefficient (Wildman–Crippen LogP) is 2.16. The first-order valence-corrected chi connectivity index (χ1v) is 8.76. The monoisotopic (exact) mass is 343 g/mol. The predicted molar refractivity (Wildman–Crippen MR) is 96.1 cm³/mol. The van der Waals surface area contributed by atoms with E-state index >= 15 is 0 Å². The molecule has 2 heterocycles. The molecule has 6 nitrogen and oxygen atoms in total. The Morgan fingerprint density at radius 1 is 1.40 bits per heavy atom. The van der Waals surface area contributed by atoms with Crippen molar-refractivity contribution in [3.63, 3.8) is 0 Å². The summed E-state index contributed by atoms with van der Waals surface area (Å²) in [5, 5.41) is 10.1. The van der Waals surface area contributed by atoms with Crippen molar-refractivity contribution in [2.45, 2.75) is 25.3 Å². The number of hydrogen-bond donors (Lipinski definition) is 1. The molecule has 2 unspecified atom stereocenters. The SMILES string of the molecule is CN(C)/C=N/C1=NC2(CO1)c1cc(O)ccc1C[C@]1(C)CCOCC21. The third kappa shape index (κ3) is 2.59. The van der Waals surface area contributed by atoms with Gasteiger partial charge in [-0.15, -0.1) is 0 Å². The lowest BCUT2D eigenvalue weighted by molar-refractivity contribution is -0.0792. The number of ether oxygens (including phenoxy) is 2. The molecule has 1 aromatic rings. The van der Waals surface area contributed by atoms with Gasteiger partial charge in [0.15, 0.2) is 0 Å². The first kappa shape index (κ1) is 16.4. The molecule has 4 rings (SSSR count). The molecule has 1 aromatic carbocycles. The fourth-order valence-corrected chi connectivity index (χ4v) is 4.51. The van der Waals surface area contributed by atoms with Gasteiger partial charge in [0.25, 0.3) is 0 Å². The normalized spacial score (nSPS) is 33.7. The lowest BCUT2D eigenvalue weighted by Crippen LogP contribution is -2.54. The van der Waals surface area contributed by atoms with Crippen LogP contribution in [0.1, 0.15) is 24.5 Å². The van der Waals surface area contributed by atoms with Crippen molar-refractivity contribution in [1.29, 1.82) is 0 Å². The highest BCUT2D eigenvalue weighted by Gasteiger charge is 2.58. The number of nitrogens with zero attached hydrogens (tertiary/aromatic N) is 3. The summed E-state index contributed by atoms with van der Waals surface area (Å²) in [4.78, 5) is 11.1. The molecule has 25 heavy (non-hydrogen) atoms.